The van der Waals surface area contributed by atoms with Crippen LogP contribution in [0.3, 0.4) is 0 Å². The lowest BCUT2D eigenvalue weighted by atomic mass is 10.1. The fourth-order valence-electron chi connectivity index (χ4n) is 2.91. The van der Waals surface area contributed by atoms with E-state index >= 15 is 0 Å². The molecule has 0 radical (unpaired) electrons. The first-order valence-electron chi connectivity index (χ1n) is 9.43. The lowest BCUT2D eigenvalue weighted by Gasteiger charge is -2.11. The van der Waals surface area contributed by atoms with Crippen LogP contribution in [0.2, 0.25) is 0 Å². The van der Waals surface area contributed by atoms with Crippen molar-refractivity contribution in [1.82, 2.24) is 15.1 Å². The Kier molecular flexibility index (Phi) is 6.71. The van der Waals surface area contributed by atoms with Gasteiger partial charge in [0.1, 0.15) is 11.3 Å². The minimum absolute atomic E-state index is 0.0924. The third kappa shape index (κ3) is 4.92. The number of nitro groups is 1. The molecule has 10 nitrogen and oxygen atoms in total. The summed E-state index contributed by atoms with van der Waals surface area (Å²) in [4.78, 5) is 23.5. The first-order chi connectivity index (χ1) is 15.0. The van der Waals surface area contributed by atoms with Gasteiger partial charge in [0.15, 0.2) is 11.5 Å². The van der Waals surface area contributed by atoms with Crippen molar-refractivity contribution in [3.63, 3.8) is 0 Å². The fourth-order valence-corrected chi connectivity index (χ4v) is 2.91. The van der Waals surface area contributed by atoms with Crippen LogP contribution in [0.5, 0.6) is 17.2 Å². The molecule has 1 aromatic heterocycles. The highest BCUT2D eigenvalue weighted by Gasteiger charge is 2.24. The quantitative estimate of drug-likeness (QED) is 0.412. The zero-order valence-electron chi connectivity index (χ0n) is 17.3. The van der Waals surface area contributed by atoms with Gasteiger partial charge in [-0.2, -0.15) is 5.10 Å². The van der Waals surface area contributed by atoms with Crippen molar-refractivity contribution in [1.29, 1.82) is 0 Å². The summed E-state index contributed by atoms with van der Waals surface area (Å²) >= 11 is 0. The summed E-state index contributed by atoms with van der Waals surface area (Å²) in [6.07, 6.45) is 1.76. The summed E-state index contributed by atoms with van der Waals surface area (Å²) in [7, 11) is 2.97. The minimum Gasteiger partial charge on any atom is -0.497 e. The Hall–Kier alpha value is -4.08. The van der Waals surface area contributed by atoms with E-state index in [-0.39, 0.29) is 29.3 Å². The van der Waals surface area contributed by atoms with E-state index in [4.69, 9.17) is 14.2 Å². The van der Waals surface area contributed by atoms with Crippen molar-refractivity contribution < 1.29 is 23.9 Å². The van der Waals surface area contributed by atoms with Crippen LogP contribution in [-0.4, -0.2) is 41.4 Å². The van der Waals surface area contributed by atoms with Gasteiger partial charge in [0, 0.05) is 12.3 Å². The largest absolute Gasteiger partial charge is 0.497 e. The van der Waals surface area contributed by atoms with Crippen molar-refractivity contribution in [3.05, 3.63) is 70.0 Å². The Labute approximate surface area is 178 Å². The monoisotopic (exact) mass is 426 g/mol. The minimum atomic E-state index is -0.633. The Morgan fingerprint density at radius 1 is 1.13 bits per heavy atom. The van der Waals surface area contributed by atoms with Crippen molar-refractivity contribution in [2.75, 3.05) is 20.8 Å². The van der Waals surface area contributed by atoms with E-state index in [1.54, 1.807) is 31.0 Å². The smallest absolute Gasteiger partial charge is 0.286 e. The molecule has 0 aliphatic rings. The van der Waals surface area contributed by atoms with Crippen LogP contribution in [0, 0.1) is 10.1 Å². The number of rotatable bonds is 9. The molecule has 3 aromatic rings. The summed E-state index contributed by atoms with van der Waals surface area (Å²) in [6, 6.07) is 11.6. The third-order valence-electron chi connectivity index (χ3n) is 4.43. The third-order valence-corrected chi connectivity index (χ3v) is 4.43. The van der Waals surface area contributed by atoms with E-state index in [2.05, 4.69) is 10.4 Å². The highest BCUT2D eigenvalue weighted by molar-refractivity contribution is 5.99. The number of nitro benzene ring substituents is 1. The number of amides is 1. The van der Waals surface area contributed by atoms with E-state index in [1.165, 1.54) is 19.2 Å². The number of hydrogen-bond donors (Lipinski definition) is 1. The average molecular weight is 426 g/mol. The van der Waals surface area contributed by atoms with E-state index in [9.17, 15) is 14.9 Å². The van der Waals surface area contributed by atoms with Crippen molar-refractivity contribution in [2.24, 2.45) is 0 Å². The van der Waals surface area contributed by atoms with Gasteiger partial charge in [-0.05, 0) is 37.3 Å². The zero-order chi connectivity index (χ0) is 22.4. The molecule has 2 aromatic carbocycles. The Bertz CT molecular complexity index is 1080. The van der Waals surface area contributed by atoms with Crippen LogP contribution in [0.25, 0.3) is 5.69 Å². The van der Waals surface area contributed by atoms with Gasteiger partial charge in [0.05, 0.1) is 49.7 Å². The molecule has 0 unspecified atom stereocenters. The molecule has 0 atom stereocenters. The number of nitrogens with zero attached hydrogens (tertiary/aromatic N) is 3. The summed E-state index contributed by atoms with van der Waals surface area (Å²) in [6.45, 7) is 2.17. The maximum atomic E-state index is 12.7. The Morgan fingerprint density at radius 2 is 1.87 bits per heavy atom. The van der Waals surface area contributed by atoms with Crippen LogP contribution in [-0.2, 0) is 6.54 Å². The number of benzene rings is 2. The molecule has 162 valence electrons. The van der Waals surface area contributed by atoms with Gasteiger partial charge in [0.25, 0.3) is 11.6 Å². The van der Waals surface area contributed by atoms with Gasteiger partial charge in [-0.15, -0.1) is 0 Å². The highest BCUT2D eigenvalue weighted by atomic mass is 16.6. The van der Waals surface area contributed by atoms with Gasteiger partial charge < -0.3 is 19.5 Å². The maximum absolute atomic E-state index is 12.7. The molecular weight excluding hydrogens is 404 g/mol. The van der Waals surface area contributed by atoms with Gasteiger partial charge in [0.2, 0.25) is 0 Å². The van der Waals surface area contributed by atoms with Gasteiger partial charge in [-0.25, -0.2) is 4.68 Å². The van der Waals surface area contributed by atoms with Crippen molar-refractivity contribution in [2.45, 2.75) is 13.5 Å². The summed E-state index contributed by atoms with van der Waals surface area (Å²) in [5.41, 5.74) is 0.918. The zero-order valence-corrected chi connectivity index (χ0v) is 17.3. The van der Waals surface area contributed by atoms with Crippen molar-refractivity contribution in [3.8, 4) is 22.9 Å². The van der Waals surface area contributed by atoms with Gasteiger partial charge >= 0.3 is 0 Å². The van der Waals surface area contributed by atoms with E-state index < -0.39 is 10.8 Å². The normalized spacial score (nSPS) is 10.4. The molecule has 31 heavy (non-hydrogen) atoms. The average Bonchev–Trinajstić information content (AvgIpc) is 3.26. The molecule has 1 amide bonds. The Balaban J connectivity index is 1.76. The molecule has 0 spiro atoms. The predicted octanol–water partition coefficient (Wildman–Crippen LogP) is 3.13. The van der Waals surface area contributed by atoms with Gasteiger partial charge in [-0.3, -0.25) is 14.9 Å². The van der Waals surface area contributed by atoms with Crippen LogP contribution < -0.4 is 19.5 Å². The number of carbonyl (C=O) groups excluding carboxylic acids is 1. The molecule has 0 aliphatic carbocycles. The van der Waals surface area contributed by atoms with Crippen molar-refractivity contribution >= 4 is 11.6 Å². The number of nitrogens with one attached hydrogen (secondary N) is 1. The lowest BCUT2D eigenvalue weighted by Crippen LogP contribution is -2.24. The van der Waals surface area contributed by atoms with E-state index in [1.807, 2.05) is 24.3 Å². The summed E-state index contributed by atoms with van der Waals surface area (Å²) in [5, 5.41) is 18.5. The molecule has 0 saturated heterocycles. The topological polar surface area (TPSA) is 118 Å². The second kappa shape index (κ2) is 9.61. The molecule has 1 N–H and O–H groups in total. The summed E-state index contributed by atoms with van der Waals surface area (Å²) < 4.78 is 17.4. The first-order valence-corrected chi connectivity index (χ1v) is 9.43. The van der Waals surface area contributed by atoms with E-state index in [0.717, 1.165) is 11.4 Å². The second-order valence-electron chi connectivity index (χ2n) is 6.34. The summed E-state index contributed by atoms with van der Waals surface area (Å²) in [5.74, 6) is 0.554. The second-order valence-corrected chi connectivity index (χ2v) is 6.34. The molecular formula is C21H22N4O6. The SMILES string of the molecule is CCOc1cc(C(=O)NCc2ccn(-c3ccc(OC)cc3)n2)c([N+](=O)[O-])cc1OC. The van der Waals surface area contributed by atoms with Crippen LogP contribution in [0.1, 0.15) is 23.0 Å². The predicted molar refractivity (Wildman–Crippen MR) is 112 cm³/mol. The molecule has 3 rings (SSSR count). The maximum Gasteiger partial charge on any atom is 0.286 e. The molecule has 0 fully saturated rings. The standard InChI is InChI=1S/C21H22N4O6/c1-4-31-20-11-17(18(25(27)28)12-19(20)30-3)21(26)22-13-14-9-10-24(23-14)15-5-7-16(29-2)8-6-15/h5-12H,4,13H2,1-3H3,(H,22,26). The van der Waals surface area contributed by atoms with Gasteiger partial charge in [-0.1, -0.05) is 0 Å². The molecule has 10 heteroatoms. The molecule has 0 saturated carbocycles. The highest BCUT2D eigenvalue weighted by Crippen LogP contribution is 2.34. The number of ether oxygens (including phenoxy) is 3. The molecule has 0 bridgehead atoms. The number of aromatic nitrogens is 2. The fraction of sp³-hybridized carbons (Fsp3) is 0.238. The number of carbonyl (C=O) groups is 1. The number of hydrogen-bond acceptors (Lipinski definition) is 7. The number of methoxy groups -OCH3 is 2. The molecule has 1 heterocycles. The lowest BCUT2D eigenvalue weighted by molar-refractivity contribution is -0.385. The van der Waals surface area contributed by atoms with Crippen LogP contribution in [0.4, 0.5) is 5.69 Å². The van der Waals surface area contributed by atoms with Crippen LogP contribution >= 0.6 is 0 Å². The van der Waals surface area contributed by atoms with E-state index in [0.29, 0.717) is 12.3 Å². The first kappa shape index (κ1) is 21.6. The van der Waals surface area contributed by atoms with Crippen LogP contribution in [0.15, 0.2) is 48.7 Å². The molecule has 0 aliphatic heterocycles. The Morgan fingerprint density at radius 3 is 2.48 bits per heavy atom.